The maximum absolute atomic E-state index is 14.1. The number of phenolic OH excluding ortho intramolecular Hbond substituents is 1. The molecule has 2 aromatic carbocycles. The van der Waals surface area contributed by atoms with Crippen LogP contribution in [0.25, 0.3) is 0 Å². The first kappa shape index (κ1) is 36.4. The number of fused-ring (bicyclic) bond motifs is 1. The lowest BCUT2D eigenvalue weighted by molar-refractivity contribution is -0.142. The molecule has 0 radical (unpaired) electrons. The highest BCUT2D eigenvalue weighted by atomic mass is 16.6. The van der Waals surface area contributed by atoms with Crippen molar-refractivity contribution in [3.05, 3.63) is 58.7 Å². The van der Waals surface area contributed by atoms with Crippen LogP contribution in [0.15, 0.2) is 36.4 Å². The van der Waals surface area contributed by atoms with Crippen LogP contribution in [0.2, 0.25) is 0 Å². The Kier molecular flexibility index (Phi) is 11.6. The van der Waals surface area contributed by atoms with E-state index in [0.29, 0.717) is 62.7 Å². The molecule has 0 saturated carbocycles. The number of ether oxygens (including phenoxy) is 1. The number of carbonyl (C=O) groups excluding carboxylic acids is 4. The molecule has 0 aliphatic carbocycles. The molecule has 0 bridgehead atoms. The van der Waals surface area contributed by atoms with E-state index >= 15 is 0 Å². The molecule has 0 aromatic heterocycles. The number of urea groups is 1. The molecular weight excluding hydrogens is 654 g/mol. The molecule has 14 nitrogen and oxygen atoms in total. The van der Waals surface area contributed by atoms with E-state index in [1.165, 1.54) is 0 Å². The Hall–Kier alpha value is -4.40. The predicted molar refractivity (Wildman–Crippen MR) is 190 cm³/mol. The fourth-order valence-electron chi connectivity index (χ4n) is 8.03. The highest BCUT2D eigenvalue weighted by Crippen LogP contribution is 2.27. The van der Waals surface area contributed by atoms with Crippen LogP contribution in [0.3, 0.4) is 0 Å². The number of nitrogens with one attached hydrogen (secondary N) is 2. The predicted octanol–water partition coefficient (Wildman–Crippen LogP) is 2.73. The number of hydrogen-bond donors (Lipinski definition) is 4. The summed E-state index contributed by atoms with van der Waals surface area (Å²) in [6.07, 6.45) is 2.22. The van der Waals surface area contributed by atoms with Gasteiger partial charge in [0.25, 0.3) is 11.8 Å². The van der Waals surface area contributed by atoms with Gasteiger partial charge in [0.2, 0.25) is 0 Å². The summed E-state index contributed by atoms with van der Waals surface area (Å²) in [6, 6.07) is 11.7. The number of aryl methyl sites for hydroxylation is 2. The molecule has 6 rings (SSSR count). The van der Waals surface area contributed by atoms with Gasteiger partial charge in [0, 0.05) is 83.1 Å². The van der Waals surface area contributed by atoms with Gasteiger partial charge in [0.05, 0.1) is 6.54 Å². The number of benzene rings is 2. The first-order valence-corrected chi connectivity index (χ1v) is 18.2. The lowest BCUT2D eigenvalue weighted by Crippen LogP contribution is -2.56. The van der Waals surface area contributed by atoms with Crippen molar-refractivity contribution in [2.75, 3.05) is 70.8 Å². The molecule has 14 heteroatoms. The number of aromatic hydroxyl groups is 1. The number of carbonyl (C=O) groups is 4. The van der Waals surface area contributed by atoms with E-state index in [9.17, 15) is 24.3 Å². The SMILES string of the molecule is Cc1cc(C[C@@H](OC(=O)N2CCC(N3CCc4ccccc4NC3=O)CC2)C(=O)N2CCC(N3CCN(CC(=O)NO)CC3)CC2)cc(C)c1O. The van der Waals surface area contributed by atoms with Gasteiger partial charge in [-0.05, 0) is 74.3 Å². The van der Waals surface area contributed by atoms with Crippen molar-refractivity contribution >= 4 is 29.6 Å². The van der Waals surface area contributed by atoms with Crippen LogP contribution < -0.4 is 10.8 Å². The van der Waals surface area contributed by atoms with Crippen LogP contribution in [-0.4, -0.2) is 142 Å². The molecule has 4 heterocycles. The van der Waals surface area contributed by atoms with Crippen molar-refractivity contribution in [3.63, 3.8) is 0 Å². The number of hydrogen-bond acceptors (Lipinski definition) is 9. The third-order valence-electron chi connectivity index (χ3n) is 11.0. The number of anilines is 1. The van der Waals surface area contributed by atoms with Gasteiger partial charge in [0.15, 0.2) is 6.10 Å². The van der Waals surface area contributed by atoms with E-state index in [2.05, 4.69) is 10.2 Å². The van der Waals surface area contributed by atoms with Crippen LogP contribution in [0.5, 0.6) is 5.75 Å². The van der Waals surface area contributed by atoms with Crippen LogP contribution in [-0.2, 0) is 27.2 Å². The summed E-state index contributed by atoms with van der Waals surface area (Å²) in [5, 5.41) is 22.2. The van der Waals surface area contributed by atoms with Crippen LogP contribution in [0.4, 0.5) is 15.3 Å². The van der Waals surface area contributed by atoms with Gasteiger partial charge in [0.1, 0.15) is 5.75 Å². The molecule has 3 fully saturated rings. The normalized spacial score (nSPS) is 20.3. The average molecular weight is 706 g/mol. The summed E-state index contributed by atoms with van der Waals surface area (Å²) < 4.78 is 6.05. The fourth-order valence-corrected chi connectivity index (χ4v) is 8.03. The van der Waals surface area contributed by atoms with Gasteiger partial charge in [-0.15, -0.1) is 0 Å². The second-order valence-corrected chi connectivity index (χ2v) is 14.3. The Bertz CT molecular complexity index is 1560. The lowest BCUT2D eigenvalue weighted by Gasteiger charge is -2.43. The molecule has 276 valence electrons. The standard InChI is InChI=1S/C37H51N7O7/c1-25-21-27(22-26(2)34(25)46)23-32(35(47)42-12-8-29(9-13-42)41-19-17-40(18-20-41)24-33(45)39-50)51-37(49)43-14-10-30(11-15-43)44-16-7-28-5-3-4-6-31(28)38-36(44)48/h3-6,21-22,29-30,32,46,50H,7-20,23-24H2,1-2H3,(H,38,48)(H,39,45)/t32-/m1/s1. The van der Waals surface area contributed by atoms with E-state index in [1.54, 1.807) is 15.3 Å². The highest BCUT2D eigenvalue weighted by Gasteiger charge is 2.36. The van der Waals surface area contributed by atoms with E-state index in [1.807, 2.05) is 60.0 Å². The van der Waals surface area contributed by atoms with E-state index in [4.69, 9.17) is 9.94 Å². The number of rotatable bonds is 8. The quantitative estimate of drug-likeness (QED) is 0.240. The maximum atomic E-state index is 14.1. The minimum absolute atomic E-state index is 0.00643. The van der Waals surface area contributed by atoms with Crippen molar-refractivity contribution in [1.82, 2.24) is 30.0 Å². The zero-order valence-electron chi connectivity index (χ0n) is 29.7. The third-order valence-corrected chi connectivity index (χ3v) is 11.0. The molecule has 3 saturated heterocycles. The van der Waals surface area contributed by atoms with Gasteiger partial charge in [-0.3, -0.25) is 24.6 Å². The maximum Gasteiger partial charge on any atom is 0.410 e. The number of nitrogens with zero attached hydrogens (tertiary/aromatic N) is 5. The molecule has 4 aliphatic heterocycles. The average Bonchev–Trinajstić information content (AvgIpc) is 3.31. The Morgan fingerprint density at radius 2 is 1.51 bits per heavy atom. The summed E-state index contributed by atoms with van der Waals surface area (Å²) >= 11 is 0. The fraction of sp³-hybridized carbons (Fsp3) is 0.568. The molecule has 2 aromatic rings. The zero-order chi connectivity index (χ0) is 36.1. The van der Waals surface area contributed by atoms with Crippen molar-refractivity contribution in [2.24, 2.45) is 0 Å². The Balaban J connectivity index is 1.06. The third kappa shape index (κ3) is 8.74. The molecule has 51 heavy (non-hydrogen) atoms. The van der Waals surface area contributed by atoms with Gasteiger partial charge in [-0.25, -0.2) is 15.1 Å². The first-order valence-electron chi connectivity index (χ1n) is 18.2. The van der Waals surface area contributed by atoms with Gasteiger partial charge >= 0.3 is 12.1 Å². The second kappa shape index (κ2) is 16.3. The first-order chi connectivity index (χ1) is 24.6. The van der Waals surface area contributed by atoms with Crippen molar-refractivity contribution < 1.29 is 34.2 Å². The number of piperidine rings is 2. The Morgan fingerprint density at radius 3 is 2.18 bits per heavy atom. The van der Waals surface area contributed by atoms with Crippen molar-refractivity contribution in [1.29, 1.82) is 0 Å². The molecule has 0 spiro atoms. The van der Waals surface area contributed by atoms with E-state index in [-0.39, 0.29) is 36.7 Å². The van der Waals surface area contributed by atoms with Crippen LogP contribution in [0.1, 0.15) is 47.9 Å². The lowest BCUT2D eigenvalue weighted by atomic mass is 9.98. The number of phenols is 1. The van der Waals surface area contributed by atoms with Crippen molar-refractivity contribution in [2.45, 2.75) is 70.6 Å². The zero-order valence-corrected chi connectivity index (χ0v) is 29.7. The van der Waals surface area contributed by atoms with Gasteiger partial charge in [-0.1, -0.05) is 30.3 Å². The topological polar surface area (TPSA) is 158 Å². The number of piperazine rings is 1. The number of amides is 5. The molecule has 4 aliphatic rings. The summed E-state index contributed by atoms with van der Waals surface area (Å²) in [5.74, 6) is -0.426. The molecule has 1 atom stereocenters. The number of hydroxylamine groups is 1. The summed E-state index contributed by atoms with van der Waals surface area (Å²) in [5.41, 5.74) is 5.85. The summed E-state index contributed by atoms with van der Waals surface area (Å²) in [7, 11) is 0. The monoisotopic (exact) mass is 705 g/mol. The smallest absolute Gasteiger partial charge is 0.410 e. The van der Waals surface area contributed by atoms with Crippen molar-refractivity contribution in [3.8, 4) is 5.75 Å². The summed E-state index contributed by atoms with van der Waals surface area (Å²) in [4.78, 5) is 62.1. The Morgan fingerprint density at radius 1 is 0.882 bits per heavy atom. The largest absolute Gasteiger partial charge is 0.507 e. The highest BCUT2D eigenvalue weighted by molar-refractivity contribution is 5.91. The second-order valence-electron chi connectivity index (χ2n) is 14.3. The minimum Gasteiger partial charge on any atom is -0.507 e. The van der Waals surface area contributed by atoms with Crippen LogP contribution in [0, 0.1) is 13.8 Å². The van der Waals surface area contributed by atoms with E-state index in [0.717, 1.165) is 62.3 Å². The molecular formula is C37H51N7O7. The number of para-hydroxylation sites is 1. The van der Waals surface area contributed by atoms with E-state index < -0.39 is 18.1 Å². The van der Waals surface area contributed by atoms with Gasteiger partial charge in [-0.2, -0.15) is 0 Å². The summed E-state index contributed by atoms with van der Waals surface area (Å²) in [6.45, 7) is 9.41. The number of likely N-dealkylation sites (tertiary alicyclic amines) is 2. The Labute approximate surface area is 299 Å². The molecule has 0 unspecified atom stereocenters. The van der Waals surface area contributed by atoms with Gasteiger partial charge < -0.3 is 29.9 Å². The molecule has 4 N–H and O–H groups in total. The van der Waals surface area contributed by atoms with Crippen LogP contribution >= 0.6 is 0 Å². The minimum atomic E-state index is -1.02. The molecule has 5 amide bonds.